The Balaban J connectivity index is 2.03. The lowest BCUT2D eigenvalue weighted by atomic mass is 9.66. The van der Waals surface area contributed by atoms with Crippen molar-refractivity contribution in [2.75, 3.05) is 13.6 Å². The Morgan fingerprint density at radius 2 is 2.15 bits per heavy atom. The van der Waals surface area contributed by atoms with Gasteiger partial charge in [-0.15, -0.1) is 0 Å². The molecule has 2 nitrogen and oxygen atoms in total. The van der Waals surface area contributed by atoms with E-state index in [1.807, 2.05) is 0 Å². The molecule has 1 aromatic carbocycles. The molecule has 2 heterocycles. The van der Waals surface area contributed by atoms with Gasteiger partial charge in [0.25, 0.3) is 0 Å². The average Bonchev–Trinajstić information content (AvgIpc) is 2.85. The van der Waals surface area contributed by atoms with Gasteiger partial charge in [0.15, 0.2) is 0 Å². The van der Waals surface area contributed by atoms with Gasteiger partial charge >= 0.3 is 0 Å². The molecule has 1 N–H and O–H groups in total. The molecule has 2 heteroatoms. The summed E-state index contributed by atoms with van der Waals surface area (Å²) in [6.45, 7) is 7.96. The number of para-hydroxylation sites is 1. The molecule has 0 saturated carbocycles. The van der Waals surface area contributed by atoms with Crippen LogP contribution in [0.1, 0.15) is 37.1 Å². The minimum Gasteiger partial charge on any atom is -0.355 e. The third-order valence-electron chi connectivity index (χ3n) is 5.47. The highest BCUT2D eigenvalue weighted by Gasteiger charge is 2.44. The van der Waals surface area contributed by atoms with E-state index in [0.717, 1.165) is 0 Å². The molecule has 4 rings (SSSR count). The molecule has 0 radical (unpaired) electrons. The van der Waals surface area contributed by atoms with Crippen molar-refractivity contribution in [2.45, 2.75) is 25.8 Å². The lowest BCUT2D eigenvalue weighted by Crippen LogP contribution is -2.44. The summed E-state index contributed by atoms with van der Waals surface area (Å²) in [6, 6.07) is 9.25. The van der Waals surface area contributed by atoms with Gasteiger partial charge in [-0.05, 0) is 43.5 Å². The summed E-state index contributed by atoms with van der Waals surface area (Å²) >= 11 is 0. The molecule has 2 aromatic rings. The van der Waals surface area contributed by atoms with Gasteiger partial charge in [0.2, 0.25) is 0 Å². The zero-order chi connectivity index (χ0) is 13.9. The third kappa shape index (κ3) is 1.43. The van der Waals surface area contributed by atoms with Crippen molar-refractivity contribution in [1.82, 2.24) is 9.88 Å². The van der Waals surface area contributed by atoms with Gasteiger partial charge in [0.05, 0.1) is 0 Å². The first kappa shape index (κ1) is 12.2. The number of allylic oxidation sites excluding steroid dienone is 1. The maximum atomic E-state index is 4.44. The number of benzene rings is 1. The molecular weight excluding hydrogens is 244 g/mol. The number of piperidine rings is 1. The van der Waals surface area contributed by atoms with Gasteiger partial charge in [-0.3, -0.25) is 4.90 Å². The number of likely N-dealkylation sites (tertiary alicyclic amines) is 1. The fourth-order valence-electron chi connectivity index (χ4n) is 4.53. The monoisotopic (exact) mass is 266 g/mol. The SMILES string of the molecule is C=C1c2[nH]c3ccccc3c2[C@H]2C(CC)[C@H]1CCN2C. The fourth-order valence-corrected chi connectivity index (χ4v) is 4.53. The van der Waals surface area contributed by atoms with Crippen molar-refractivity contribution < 1.29 is 0 Å². The van der Waals surface area contributed by atoms with E-state index in [9.17, 15) is 0 Å². The van der Waals surface area contributed by atoms with Crippen LogP contribution in [0.4, 0.5) is 0 Å². The highest BCUT2D eigenvalue weighted by molar-refractivity contribution is 5.91. The predicted molar refractivity (Wildman–Crippen MR) is 84.6 cm³/mol. The average molecular weight is 266 g/mol. The van der Waals surface area contributed by atoms with Crippen molar-refractivity contribution in [3.63, 3.8) is 0 Å². The van der Waals surface area contributed by atoms with Crippen LogP contribution >= 0.6 is 0 Å². The first-order valence-electron chi connectivity index (χ1n) is 7.72. The van der Waals surface area contributed by atoms with Crippen molar-refractivity contribution in [1.29, 1.82) is 0 Å². The van der Waals surface area contributed by atoms with Crippen LogP contribution in [0, 0.1) is 11.8 Å². The molecule has 3 atom stereocenters. The van der Waals surface area contributed by atoms with Crippen molar-refractivity contribution in [3.8, 4) is 0 Å². The number of nitrogens with zero attached hydrogens (tertiary/aromatic N) is 1. The Labute approximate surface area is 120 Å². The van der Waals surface area contributed by atoms with E-state index in [2.05, 4.69) is 54.7 Å². The van der Waals surface area contributed by atoms with E-state index in [4.69, 9.17) is 0 Å². The second kappa shape index (κ2) is 4.23. The Kier molecular flexibility index (Phi) is 2.58. The Bertz CT molecular complexity index is 682. The van der Waals surface area contributed by atoms with Gasteiger partial charge in [0.1, 0.15) is 0 Å². The molecule has 20 heavy (non-hydrogen) atoms. The van der Waals surface area contributed by atoms with Crippen LogP contribution in [-0.4, -0.2) is 23.5 Å². The smallest absolute Gasteiger partial charge is 0.0469 e. The summed E-state index contributed by atoms with van der Waals surface area (Å²) in [4.78, 5) is 6.19. The topological polar surface area (TPSA) is 19.0 Å². The summed E-state index contributed by atoms with van der Waals surface area (Å²) in [6.07, 6.45) is 2.48. The van der Waals surface area contributed by atoms with Crippen LogP contribution in [0.25, 0.3) is 16.5 Å². The molecule has 1 saturated heterocycles. The number of fused-ring (bicyclic) bond motifs is 6. The van der Waals surface area contributed by atoms with Crippen LogP contribution in [-0.2, 0) is 0 Å². The van der Waals surface area contributed by atoms with Crippen molar-refractivity contribution in [2.24, 2.45) is 11.8 Å². The van der Waals surface area contributed by atoms with Gasteiger partial charge in [-0.2, -0.15) is 0 Å². The largest absolute Gasteiger partial charge is 0.355 e. The maximum Gasteiger partial charge on any atom is 0.0469 e. The molecule has 1 fully saturated rings. The number of aromatic amines is 1. The summed E-state index contributed by atoms with van der Waals surface area (Å²) in [7, 11) is 2.28. The first-order chi connectivity index (χ1) is 9.72. The Morgan fingerprint density at radius 1 is 1.35 bits per heavy atom. The predicted octanol–water partition coefficient (Wildman–Crippen LogP) is 4.21. The maximum absolute atomic E-state index is 4.44. The van der Waals surface area contributed by atoms with Crippen LogP contribution in [0.15, 0.2) is 30.8 Å². The molecule has 1 aliphatic carbocycles. The molecule has 0 spiro atoms. The highest BCUT2D eigenvalue weighted by Crippen LogP contribution is 2.53. The number of hydrogen-bond acceptors (Lipinski definition) is 1. The zero-order valence-electron chi connectivity index (χ0n) is 12.3. The second-order valence-corrected chi connectivity index (χ2v) is 6.38. The first-order valence-corrected chi connectivity index (χ1v) is 7.72. The molecule has 2 bridgehead atoms. The standard InChI is InChI=1S/C18H22N2/c1-4-12-13-9-10-20(3)18(12)16-14-7-5-6-8-15(14)19-17(16)11(13)2/h5-8,12-13,18-19H,2,4,9-10H2,1,3H3/t12?,13-,18+/m0/s1. The number of rotatable bonds is 1. The molecule has 0 amide bonds. The normalized spacial score (nSPS) is 29.7. The van der Waals surface area contributed by atoms with Gasteiger partial charge < -0.3 is 4.98 Å². The summed E-state index contributed by atoms with van der Waals surface area (Å²) in [5, 5.41) is 1.39. The van der Waals surface area contributed by atoms with E-state index in [-0.39, 0.29) is 0 Å². The zero-order valence-corrected chi connectivity index (χ0v) is 12.3. The Hall–Kier alpha value is -1.54. The van der Waals surface area contributed by atoms with Crippen LogP contribution < -0.4 is 0 Å². The van der Waals surface area contributed by atoms with Crippen LogP contribution in [0.5, 0.6) is 0 Å². The molecule has 104 valence electrons. The van der Waals surface area contributed by atoms with Crippen LogP contribution in [0.2, 0.25) is 0 Å². The summed E-state index contributed by atoms with van der Waals surface area (Å²) in [5.74, 6) is 1.37. The molecule has 1 aliphatic heterocycles. The van der Waals surface area contributed by atoms with Crippen LogP contribution in [0.3, 0.4) is 0 Å². The van der Waals surface area contributed by atoms with Gasteiger partial charge in [-0.25, -0.2) is 0 Å². The molecular formula is C18H22N2. The highest BCUT2D eigenvalue weighted by atomic mass is 15.1. The molecule has 2 aliphatic rings. The van der Waals surface area contributed by atoms with E-state index in [1.54, 1.807) is 0 Å². The molecule has 1 unspecified atom stereocenters. The summed E-state index contributed by atoms with van der Waals surface area (Å²) in [5.41, 5.74) is 5.41. The number of hydrogen-bond donors (Lipinski definition) is 1. The van der Waals surface area contributed by atoms with Crippen molar-refractivity contribution >= 4 is 16.5 Å². The number of H-pyrrole nitrogens is 1. The quantitative estimate of drug-likeness (QED) is 0.819. The Morgan fingerprint density at radius 3 is 2.95 bits per heavy atom. The number of nitrogens with one attached hydrogen (secondary N) is 1. The third-order valence-corrected chi connectivity index (χ3v) is 5.47. The van der Waals surface area contributed by atoms with Gasteiger partial charge in [0, 0.05) is 28.2 Å². The lowest BCUT2D eigenvalue weighted by Gasteiger charge is -2.48. The summed E-state index contributed by atoms with van der Waals surface area (Å²) < 4.78 is 0. The van der Waals surface area contributed by atoms with E-state index >= 15 is 0 Å². The minimum absolute atomic E-state index is 0.551. The lowest BCUT2D eigenvalue weighted by molar-refractivity contribution is 0.0839. The van der Waals surface area contributed by atoms with E-state index in [1.165, 1.54) is 47.1 Å². The van der Waals surface area contributed by atoms with E-state index < -0.39 is 0 Å². The number of aromatic nitrogens is 1. The fraction of sp³-hybridized carbons (Fsp3) is 0.444. The molecule has 1 aromatic heterocycles. The van der Waals surface area contributed by atoms with E-state index in [0.29, 0.717) is 17.9 Å². The minimum atomic E-state index is 0.551. The van der Waals surface area contributed by atoms with Crippen molar-refractivity contribution in [3.05, 3.63) is 42.1 Å². The second-order valence-electron chi connectivity index (χ2n) is 6.38. The van der Waals surface area contributed by atoms with Gasteiger partial charge in [-0.1, -0.05) is 38.1 Å².